The van der Waals surface area contributed by atoms with Crippen molar-refractivity contribution in [1.29, 1.82) is 0 Å². The van der Waals surface area contributed by atoms with Crippen molar-refractivity contribution in [2.75, 3.05) is 18.0 Å². The number of hydrogen-bond donors (Lipinski definition) is 1. The third kappa shape index (κ3) is 3.07. The van der Waals surface area contributed by atoms with Crippen LogP contribution < -0.4 is 10.6 Å². The van der Waals surface area contributed by atoms with Crippen LogP contribution in [0.1, 0.15) is 44.7 Å². The fourth-order valence-corrected chi connectivity index (χ4v) is 3.41. The molecule has 0 aromatic heterocycles. The topological polar surface area (TPSA) is 29.3 Å². The van der Waals surface area contributed by atoms with Crippen molar-refractivity contribution in [2.45, 2.75) is 39.2 Å². The number of halogens is 1. The molecule has 1 aliphatic rings. The maximum absolute atomic E-state index is 5.94. The molecule has 0 saturated carbocycles. The molecule has 3 heteroatoms. The van der Waals surface area contributed by atoms with Gasteiger partial charge in [0.05, 0.1) is 0 Å². The quantitative estimate of drug-likeness (QED) is 0.911. The van der Waals surface area contributed by atoms with Gasteiger partial charge in [-0.25, -0.2) is 0 Å². The van der Waals surface area contributed by atoms with Gasteiger partial charge in [0.25, 0.3) is 0 Å². The molecule has 2 nitrogen and oxygen atoms in total. The molecule has 2 N–H and O–H groups in total. The summed E-state index contributed by atoms with van der Waals surface area (Å²) in [5.74, 6) is 0.924. The molecule has 1 saturated heterocycles. The van der Waals surface area contributed by atoms with Crippen molar-refractivity contribution < 1.29 is 0 Å². The van der Waals surface area contributed by atoms with Crippen molar-refractivity contribution in [3.05, 3.63) is 28.2 Å². The average Bonchev–Trinajstić information content (AvgIpc) is 2.38. The lowest BCUT2D eigenvalue weighted by Gasteiger charge is -2.33. The second-order valence-electron chi connectivity index (χ2n) is 5.33. The Balaban J connectivity index is 2.08. The zero-order valence-electron chi connectivity index (χ0n) is 11.3. The molecule has 0 radical (unpaired) electrons. The smallest absolute Gasteiger partial charge is 0.0377 e. The van der Waals surface area contributed by atoms with Gasteiger partial charge in [-0.2, -0.15) is 0 Å². The third-order valence-corrected chi connectivity index (χ3v) is 4.72. The second-order valence-corrected chi connectivity index (χ2v) is 6.19. The molecule has 1 aromatic rings. The number of rotatable bonds is 3. The van der Waals surface area contributed by atoms with Gasteiger partial charge in [-0.1, -0.05) is 35.3 Å². The standard InChI is InChI=1S/C15H23BrN2/c1-3-12-6-8-18(9-7-12)13-4-5-14(11(2)17)15(16)10-13/h4-5,10-12H,3,6-9,17H2,1-2H3. The van der Waals surface area contributed by atoms with Gasteiger partial charge >= 0.3 is 0 Å². The Labute approximate surface area is 119 Å². The van der Waals surface area contributed by atoms with Crippen LogP contribution in [0.3, 0.4) is 0 Å². The van der Waals surface area contributed by atoms with E-state index in [9.17, 15) is 0 Å². The number of piperidine rings is 1. The second kappa shape index (κ2) is 6.07. The monoisotopic (exact) mass is 310 g/mol. The Hall–Kier alpha value is -0.540. The van der Waals surface area contributed by atoms with Crippen LogP contribution in [0.2, 0.25) is 0 Å². The first-order valence-electron chi connectivity index (χ1n) is 6.91. The van der Waals surface area contributed by atoms with E-state index in [1.54, 1.807) is 0 Å². The molecule has 1 aromatic carbocycles. The van der Waals surface area contributed by atoms with Crippen LogP contribution in [0.25, 0.3) is 0 Å². The van der Waals surface area contributed by atoms with Gasteiger partial charge in [0.1, 0.15) is 0 Å². The Kier molecular flexibility index (Phi) is 4.68. The van der Waals surface area contributed by atoms with Crippen LogP contribution in [0.15, 0.2) is 22.7 Å². The van der Waals surface area contributed by atoms with Gasteiger partial charge in [0.15, 0.2) is 0 Å². The highest BCUT2D eigenvalue weighted by atomic mass is 79.9. The Morgan fingerprint density at radius 3 is 2.56 bits per heavy atom. The molecule has 100 valence electrons. The zero-order chi connectivity index (χ0) is 13.1. The predicted octanol–water partition coefficient (Wildman–Crippen LogP) is 4.10. The minimum Gasteiger partial charge on any atom is -0.371 e. The van der Waals surface area contributed by atoms with Gasteiger partial charge in [0.2, 0.25) is 0 Å². The molecule has 1 unspecified atom stereocenters. The van der Waals surface area contributed by atoms with Crippen LogP contribution in [0.5, 0.6) is 0 Å². The van der Waals surface area contributed by atoms with E-state index < -0.39 is 0 Å². The summed E-state index contributed by atoms with van der Waals surface area (Å²) >= 11 is 3.63. The van der Waals surface area contributed by atoms with E-state index in [1.807, 2.05) is 6.92 Å². The molecule has 0 amide bonds. The van der Waals surface area contributed by atoms with E-state index >= 15 is 0 Å². The lowest BCUT2D eigenvalue weighted by Crippen LogP contribution is -2.33. The molecule has 0 spiro atoms. The summed E-state index contributed by atoms with van der Waals surface area (Å²) in [6, 6.07) is 6.65. The molecular formula is C15H23BrN2. The van der Waals surface area contributed by atoms with Crippen molar-refractivity contribution in [3.63, 3.8) is 0 Å². The lowest BCUT2D eigenvalue weighted by atomic mass is 9.94. The van der Waals surface area contributed by atoms with E-state index in [4.69, 9.17) is 5.73 Å². The van der Waals surface area contributed by atoms with Crippen LogP contribution in [0, 0.1) is 5.92 Å². The summed E-state index contributed by atoms with van der Waals surface area (Å²) in [6.45, 7) is 6.69. The van der Waals surface area contributed by atoms with Crippen LogP contribution in [0.4, 0.5) is 5.69 Å². The van der Waals surface area contributed by atoms with Crippen LogP contribution in [-0.4, -0.2) is 13.1 Å². The summed E-state index contributed by atoms with van der Waals surface area (Å²) in [5, 5.41) is 0. The fraction of sp³-hybridized carbons (Fsp3) is 0.600. The maximum Gasteiger partial charge on any atom is 0.0377 e. The van der Waals surface area contributed by atoms with E-state index in [2.05, 4.69) is 46.0 Å². The minimum absolute atomic E-state index is 0.0826. The summed E-state index contributed by atoms with van der Waals surface area (Å²) in [7, 11) is 0. The first kappa shape index (κ1) is 13.9. The predicted molar refractivity (Wildman–Crippen MR) is 82.0 cm³/mol. The van der Waals surface area contributed by atoms with Crippen LogP contribution >= 0.6 is 15.9 Å². The Bertz CT molecular complexity index is 395. The summed E-state index contributed by atoms with van der Waals surface area (Å²) in [6.07, 6.45) is 3.97. The highest BCUT2D eigenvalue weighted by Crippen LogP contribution is 2.30. The lowest BCUT2D eigenvalue weighted by molar-refractivity contribution is 0.395. The molecular weight excluding hydrogens is 288 g/mol. The number of anilines is 1. The Morgan fingerprint density at radius 2 is 2.06 bits per heavy atom. The minimum atomic E-state index is 0.0826. The summed E-state index contributed by atoms with van der Waals surface area (Å²) in [4.78, 5) is 2.49. The van der Waals surface area contributed by atoms with Crippen molar-refractivity contribution >= 4 is 21.6 Å². The third-order valence-electron chi connectivity index (χ3n) is 4.03. The van der Waals surface area contributed by atoms with E-state index in [0.29, 0.717) is 0 Å². The summed E-state index contributed by atoms with van der Waals surface area (Å²) < 4.78 is 1.13. The molecule has 18 heavy (non-hydrogen) atoms. The van der Waals surface area contributed by atoms with Crippen molar-refractivity contribution in [2.24, 2.45) is 11.7 Å². The molecule has 1 heterocycles. The average molecular weight is 311 g/mol. The van der Waals surface area contributed by atoms with Crippen LogP contribution in [-0.2, 0) is 0 Å². The molecule has 1 aliphatic heterocycles. The number of nitrogens with two attached hydrogens (primary N) is 1. The highest BCUT2D eigenvalue weighted by molar-refractivity contribution is 9.10. The Morgan fingerprint density at radius 1 is 1.39 bits per heavy atom. The molecule has 1 fully saturated rings. The SMILES string of the molecule is CCC1CCN(c2ccc(C(C)N)c(Br)c2)CC1. The van der Waals surface area contributed by atoms with E-state index in [-0.39, 0.29) is 6.04 Å². The van der Waals surface area contributed by atoms with Gasteiger partial charge in [0, 0.05) is 29.3 Å². The van der Waals surface area contributed by atoms with E-state index in [1.165, 1.54) is 43.6 Å². The number of benzene rings is 1. The van der Waals surface area contributed by atoms with Crippen molar-refractivity contribution in [3.8, 4) is 0 Å². The largest absolute Gasteiger partial charge is 0.371 e. The normalized spacial score (nSPS) is 19.0. The maximum atomic E-state index is 5.94. The van der Waals surface area contributed by atoms with Gasteiger partial charge in [-0.15, -0.1) is 0 Å². The molecule has 2 rings (SSSR count). The van der Waals surface area contributed by atoms with E-state index in [0.717, 1.165) is 10.4 Å². The van der Waals surface area contributed by atoms with Crippen molar-refractivity contribution in [1.82, 2.24) is 0 Å². The van der Waals surface area contributed by atoms with Gasteiger partial charge in [-0.05, 0) is 43.4 Å². The highest BCUT2D eigenvalue weighted by Gasteiger charge is 2.18. The molecule has 0 bridgehead atoms. The molecule has 0 aliphatic carbocycles. The first-order chi connectivity index (χ1) is 8.61. The fourth-order valence-electron chi connectivity index (χ4n) is 2.68. The number of hydrogen-bond acceptors (Lipinski definition) is 2. The first-order valence-corrected chi connectivity index (χ1v) is 7.71. The molecule has 1 atom stereocenters. The van der Waals surface area contributed by atoms with Gasteiger partial charge in [-0.3, -0.25) is 0 Å². The summed E-state index contributed by atoms with van der Waals surface area (Å²) in [5.41, 5.74) is 8.44. The zero-order valence-corrected chi connectivity index (χ0v) is 12.9. The number of nitrogens with zero attached hydrogens (tertiary/aromatic N) is 1. The van der Waals surface area contributed by atoms with Gasteiger partial charge < -0.3 is 10.6 Å².